The van der Waals surface area contributed by atoms with E-state index in [-0.39, 0.29) is 5.60 Å². The Bertz CT molecular complexity index is 653. The minimum absolute atomic E-state index is 0.108. The molecular weight excluding hydrogens is 306 g/mol. The fourth-order valence-corrected chi connectivity index (χ4v) is 4.44. The summed E-state index contributed by atoms with van der Waals surface area (Å²) >= 11 is 7.61. The van der Waals surface area contributed by atoms with E-state index in [1.54, 1.807) is 0 Å². The van der Waals surface area contributed by atoms with Gasteiger partial charge in [-0.2, -0.15) is 8.75 Å². The molecule has 2 fully saturated rings. The number of halogens is 1. The van der Waals surface area contributed by atoms with Crippen LogP contribution in [0.1, 0.15) is 38.5 Å². The molecule has 1 aromatic heterocycles. The van der Waals surface area contributed by atoms with Gasteiger partial charge in [0.1, 0.15) is 11.0 Å². The summed E-state index contributed by atoms with van der Waals surface area (Å²) in [5, 5.41) is 4.35. The summed E-state index contributed by atoms with van der Waals surface area (Å²) in [5.41, 5.74) is 2.84. The van der Waals surface area contributed by atoms with Crippen LogP contribution in [0.2, 0.25) is 5.02 Å². The quantitative estimate of drug-likeness (QED) is 0.897. The van der Waals surface area contributed by atoms with Gasteiger partial charge in [-0.25, -0.2) is 0 Å². The predicted molar refractivity (Wildman–Crippen MR) is 86.2 cm³/mol. The lowest BCUT2D eigenvalue weighted by Crippen LogP contribution is -2.42. The average Bonchev–Trinajstić information content (AvgIpc) is 3.12. The molecule has 6 heteroatoms. The van der Waals surface area contributed by atoms with Gasteiger partial charge in [-0.05, 0) is 37.8 Å². The zero-order valence-corrected chi connectivity index (χ0v) is 13.3. The molecule has 0 amide bonds. The normalized spacial score (nSPS) is 24.7. The minimum Gasteiger partial charge on any atom is -0.379 e. The third-order valence-corrected chi connectivity index (χ3v) is 5.59. The fourth-order valence-electron chi connectivity index (χ4n) is 3.69. The highest BCUT2D eigenvalue weighted by Crippen LogP contribution is 2.41. The van der Waals surface area contributed by atoms with Crippen molar-refractivity contribution >= 4 is 40.0 Å². The Morgan fingerprint density at radius 2 is 2.14 bits per heavy atom. The lowest BCUT2D eigenvalue weighted by molar-refractivity contribution is -0.0766. The molecule has 0 radical (unpaired) electrons. The van der Waals surface area contributed by atoms with E-state index < -0.39 is 0 Å². The zero-order valence-electron chi connectivity index (χ0n) is 11.8. The van der Waals surface area contributed by atoms with E-state index in [4.69, 9.17) is 16.3 Å². The van der Waals surface area contributed by atoms with Gasteiger partial charge in [-0.3, -0.25) is 0 Å². The molecule has 112 valence electrons. The highest BCUT2D eigenvalue weighted by atomic mass is 35.5. The molecule has 1 atom stereocenters. The molecule has 1 aliphatic carbocycles. The van der Waals surface area contributed by atoms with Crippen LogP contribution in [0.3, 0.4) is 0 Å². The number of ether oxygens (including phenoxy) is 1. The maximum Gasteiger partial charge on any atom is 0.129 e. The van der Waals surface area contributed by atoms with Crippen molar-refractivity contribution < 1.29 is 4.74 Å². The van der Waals surface area contributed by atoms with Gasteiger partial charge in [0, 0.05) is 12.6 Å². The topological polar surface area (TPSA) is 47.0 Å². The number of aromatic nitrogens is 2. The molecule has 0 bridgehead atoms. The van der Waals surface area contributed by atoms with E-state index in [9.17, 15) is 0 Å². The predicted octanol–water partition coefficient (Wildman–Crippen LogP) is 4.25. The molecule has 1 N–H and O–H groups in total. The van der Waals surface area contributed by atoms with Crippen LogP contribution in [0.15, 0.2) is 12.1 Å². The Hall–Kier alpha value is -0.910. The zero-order chi connectivity index (χ0) is 14.3. The second-order valence-electron chi connectivity index (χ2n) is 6.13. The van der Waals surface area contributed by atoms with Crippen LogP contribution >= 0.6 is 23.3 Å². The molecule has 1 aliphatic heterocycles. The summed E-state index contributed by atoms with van der Waals surface area (Å²) < 4.78 is 14.8. The Morgan fingerprint density at radius 1 is 1.29 bits per heavy atom. The highest BCUT2D eigenvalue weighted by Gasteiger charge is 2.40. The second-order valence-corrected chi connectivity index (χ2v) is 7.06. The molecule has 1 spiro atoms. The van der Waals surface area contributed by atoms with Crippen LogP contribution in [0, 0.1) is 0 Å². The fraction of sp³-hybridized carbons (Fsp3) is 0.600. The molecule has 1 saturated carbocycles. The van der Waals surface area contributed by atoms with Crippen LogP contribution in [0.25, 0.3) is 11.0 Å². The minimum atomic E-state index is 0.108. The number of fused-ring (bicyclic) bond motifs is 1. The van der Waals surface area contributed by atoms with E-state index in [1.165, 1.54) is 37.4 Å². The molecule has 4 rings (SSSR count). The summed E-state index contributed by atoms with van der Waals surface area (Å²) in [6, 6.07) is 4.23. The van der Waals surface area contributed by atoms with Crippen molar-refractivity contribution in [1.82, 2.24) is 8.75 Å². The smallest absolute Gasteiger partial charge is 0.129 e. The first-order valence-corrected chi connectivity index (χ1v) is 8.68. The highest BCUT2D eigenvalue weighted by molar-refractivity contribution is 7.00. The van der Waals surface area contributed by atoms with Gasteiger partial charge < -0.3 is 10.1 Å². The van der Waals surface area contributed by atoms with E-state index in [1.807, 2.05) is 12.1 Å². The maximum atomic E-state index is 6.37. The van der Waals surface area contributed by atoms with E-state index in [0.717, 1.165) is 41.2 Å². The number of nitrogens with zero attached hydrogens (tertiary/aromatic N) is 2. The van der Waals surface area contributed by atoms with Gasteiger partial charge >= 0.3 is 0 Å². The average molecular weight is 324 g/mol. The molecule has 2 aliphatic rings. The molecule has 1 unspecified atom stereocenters. The molecule has 2 aromatic rings. The summed E-state index contributed by atoms with van der Waals surface area (Å²) in [6.07, 6.45) is 7.06. The molecule has 1 saturated heterocycles. The van der Waals surface area contributed by atoms with Crippen molar-refractivity contribution in [2.45, 2.75) is 50.2 Å². The van der Waals surface area contributed by atoms with E-state index in [0.29, 0.717) is 6.04 Å². The van der Waals surface area contributed by atoms with Crippen LogP contribution < -0.4 is 5.32 Å². The Kier molecular flexibility index (Phi) is 3.52. The number of anilines is 1. The SMILES string of the molecule is Clc1ccc2nsnc2c1NC1CCOC2(CCCC2)C1. The summed E-state index contributed by atoms with van der Waals surface area (Å²) in [6.45, 7) is 0.834. The third kappa shape index (κ3) is 2.51. The van der Waals surface area contributed by atoms with E-state index in [2.05, 4.69) is 14.1 Å². The van der Waals surface area contributed by atoms with Crippen molar-refractivity contribution in [3.8, 4) is 0 Å². The first-order chi connectivity index (χ1) is 10.3. The van der Waals surface area contributed by atoms with Gasteiger partial charge in [0.05, 0.1) is 28.0 Å². The van der Waals surface area contributed by atoms with Gasteiger partial charge in [0.2, 0.25) is 0 Å². The third-order valence-electron chi connectivity index (χ3n) is 4.73. The summed E-state index contributed by atoms with van der Waals surface area (Å²) in [4.78, 5) is 0. The second kappa shape index (κ2) is 5.38. The maximum absolute atomic E-state index is 6.37. The van der Waals surface area contributed by atoms with Crippen molar-refractivity contribution in [3.05, 3.63) is 17.2 Å². The Balaban J connectivity index is 1.59. The number of hydrogen-bond donors (Lipinski definition) is 1. The van der Waals surface area contributed by atoms with Crippen LogP contribution in [-0.2, 0) is 4.74 Å². The van der Waals surface area contributed by atoms with Gasteiger partial charge in [-0.15, -0.1) is 0 Å². The Morgan fingerprint density at radius 3 is 3.00 bits per heavy atom. The summed E-state index contributed by atoms with van der Waals surface area (Å²) in [7, 11) is 0. The van der Waals surface area contributed by atoms with Crippen molar-refractivity contribution in [2.24, 2.45) is 0 Å². The van der Waals surface area contributed by atoms with E-state index >= 15 is 0 Å². The standard InChI is InChI=1S/C15H18ClN3OS/c16-11-3-4-12-14(19-21-18-12)13(11)17-10-5-8-20-15(9-10)6-1-2-7-15/h3-4,10,17H,1-2,5-9H2. The van der Waals surface area contributed by atoms with Gasteiger partial charge in [0.25, 0.3) is 0 Å². The number of nitrogens with one attached hydrogen (secondary N) is 1. The van der Waals surface area contributed by atoms with Crippen molar-refractivity contribution in [1.29, 1.82) is 0 Å². The molecule has 2 heterocycles. The number of rotatable bonds is 2. The lowest BCUT2D eigenvalue weighted by Gasteiger charge is -2.39. The number of hydrogen-bond acceptors (Lipinski definition) is 5. The van der Waals surface area contributed by atoms with Crippen molar-refractivity contribution in [2.75, 3.05) is 11.9 Å². The molecule has 4 nitrogen and oxygen atoms in total. The van der Waals surface area contributed by atoms with Crippen molar-refractivity contribution in [3.63, 3.8) is 0 Å². The molecular formula is C15H18ClN3OS. The van der Waals surface area contributed by atoms with Crippen LogP contribution in [-0.4, -0.2) is 27.0 Å². The lowest BCUT2D eigenvalue weighted by atomic mass is 9.89. The van der Waals surface area contributed by atoms with Crippen LogP contribution in [0.4, 0.5) is 5.69 Å². The Labute approximate surface area is 133 Å². The molecule has 21 heavy (non-hydrogen) atoms. The van der Waals surface area contributed by atoms with Crippen LogP contribution in [0.5, 0.6) is 0 Å². The number of benzene rings is 1. The molecule has 1 aromatic carbocycles. The summed E-state index contributed by atoms with van der Waals surface area (Å²) in [5.74, 6) is 0. The van der Waals surface area contributed by atoms with Gasteiger partial charge in [0.15, 0.2) is 0 Å². The van der Waals surface area contributed by atoms with Gasteiger partial charge in [-0.1, -0.05) is 24.4 Å². The first kappa shape index (κ1) is 13.7. The first-order valence-electron chi connectivity index (χ1n) is 7.57. The largest absolute Gasteiger partial charge is 0.379 e. The monoisotopic (exact) mass is 323 g/mol.